The van der Waals surface area contributed by atoms with Crippen LogP contribution in [0.2, 0.25) is 0 Å². The Morgan fingerprint density at radius 1 is 0.393 bits per heavy atom. The average Bonchev–Trinajstić information content (AvgIpc) is 1.68. The monoisotopic (exact) mass is 1700 g/mol. The fraction of sp³-hybridized carbons (Fsp3) is 0.128. The van der Waals surface area contributed by atoms with Crippen LogP contribution in [0.3, 0.4) is 0 Å². The van der Waals surface area contributed by atoms with E-state index in [0.29, 0.717) is 45.4 Å². The molecule has 0 fully saturated rings. The van der Waals surface area contributed by atoms with Crippen molar-refractivity contribution in [3.63, 3.8) is 0 Å². The van der Waals surface area contributed by atoms with Crippen molar-refractivity contribution in [2.75, 3.05) is 21.3 Å². The lowest BCUT2D eigenvalue weighted by Crippen LogP contribution is -2.11. The van der Waals surface area contributed by atoms with E-state index >= 15 is 0 Å². The van der Waals surface area contributed by atoms with Crippen molar-refractivity contribution in [3.8, 4) is 91.0 Å². The number of carbonyl (C=O) groups is 3. The van der Waals surface area contributed by atoms with Crippen LogP contribution in [-0.4, -0.2) is 107 Å². The van der Waals surface area contributed by atoms with E-state index in [-0.39, 0.29) is 45.6 Å². The smallest absolute Gasteiger partial charge is 0.317 e. The summed E-state index contributed by atoms with van der Waals surface area (Å²) < 4.78 is 103. The number of aryl methyl sites for hydroxylation is 2. The Balaban J connectivity index is 0.000000192. The second-order valence-corrected chi connectivity index (χ2v) is 29.8. The molecule has 4 heterocycles. The molecule has 27 nitrogen and oxygen atoms in total. The SMILES string of the molecule is CC#C/C(=N\O)c1ccccc1.COC(=O)CC#C/C(=N\O)c1ccccc1.COC(=O)Cc1onc(-c2ccccc2)c1-c1ccc(S(N)(=O)=O)cc1.COC(=O)Cc1onc(-c2ccccc2)c1C.Cc1onc(-c2ccccc2)c1-c1ccc(S(N)(=O)=O)cc1.Cc1onc(-c2ccccc2)c1C.NS(=O)(=O)c1ccc(Br)cc1. The maximum absolute atomic E-state index is 11.7. The second-order valence-electron chi connectivity index (χ2n) is 24.3. The summed E-state index contributed by atoms with van der Waals surface area (Å²) in [5.41, 5.74) is 13.9. The van der Waals surface area contributed by atoms with Crippen LogP contribution in [-0.2, 0) is 71.5 Å². The maximum atomic E-state index is 11.7. The van der Waals surface area contributed by atoms with Crippen molar-refractivity contribution in [1.82, 2.24) is 20.6 Å². The summed E-state index contributed by atoms with van der Waals surface area (Å²) in [4.78, 5) is 33.8. The molecular weight excluding hydrogens is 1620 g/mol. The number of halogens is 1. The molecule has 0 saturated heterocycles. The minimum atomic E-state index is -3.80. The highest BCUT2D eigenvalue weighted by Crippen LogP contribution is 2.37. The van der Waals surface area contributed by atoms with Gasteiger partial charge in [0.2, 0.25) is 30.1 Å². The summed E-state index contributed by atoms with van der Waals surface area (Å²) in [5.74, 6) is 11.8. The zero-order valence-corrected chi connectivity index (χ0v) is 68.3. The van der Waals surface area contributed by atoms with Crippen LogP contribution < -0.4 is 15.4 Å². The highest BCUT2D eigenvalue weighted by molar-refractivity contribution is 9.10. The molecular formula is C86H80BrN9O18S3. The Kier molecular flexibility index (Phi) is 34.7. The summed E-state index contributed by atoms with van der Waals surface area (Å²) in [7, 11) is -7.10. The van der Waals surface area contributed by atoms with Crippen LogP contribution >= 0.6 is 15.9 Å². The molecule has 4 aromatic heterocycles. The van der Waals surface area contributed by atoms with Crippen LogP contribution in [0.1, 0.15) is 58.6 Å². The van der Waals surface area contributed by atoms with Gasteiger partial charge in [0.15, 0.2) is 22.9 Å². The predicted octanol–water partition coefficient (Wildman–Crippen LogP) is 15.1. The van der Waals surface area contributed by atoms with Gasteiger partial charge in [-0.2, -0.15) is 0 Å². The molecule has 0 unspecified atom stereocenters. The first kappa shape index (κ1) is 90.7. The fourth-order valence-electron chi connectivity index (χ4n) is 10.3. The van der Waals surface area contributed by atoms with Gasteiger partial charge < -0.3 is 42.7 Å². The predicted molar refractivity (Wildman–Crippen MR) is 445 cm³/mol. The van der Waals surface area contributed by atoms with Gasteiger partial charge in [-0.3, -0.25) is 14.4 Å². The van der Waals surface area contributed by atoms with Crippen molar-refractivity contribution in [2.45, 2.75) is 68.6 Å². The highest BCUT2D eigenvalue weighted by Gasteiger charge is 2.24. The summed E-state index contributed by atoms with van der Waals surface area (Å²) in [6.07, 6.45) is -0.00682. The minimum absolute atomic E-state index is 0.00603. The van der Waals surface area contributed by atoms with Crippen LogP contribution in [0.4, 0.5) is 0 Å². The first-order valence-electron chi connectivity index (χ1n) is 34.8. The number of aromatic nitrogens is 4. The third kappa shape index (κ3) is 27.6. The summed E-state index contributed by atoms with van der Waals surface area (Å²) >= 11 is 3.18. The lowest BCUT2D eigenvalue weighted by Gasteiger charge is -2.06. The van der Waals surface area contributed by atoms with E-state index < -0.39 is 42.0 Å². The Labute approximate surface area is 685 Å². The van der Waals surface area contributed by atoms with Gasteiger partial charge in [0.25, 0.3) is 0 Å². The maximum Gasteiger partial charge on any atom is 0.317 e. The Hall–Kier alpha value is -13.5. The molecule has 0 aliphatic heterocycles. The molecule has 0 aliphatic carbocycles. The van der Waals surface area contributed by atoms with Gasteiger partial charge in [0.1, 0.15) is 53.6 Å². The third-order valence-electron chi connectivity index (χ3n) is 16.3. The number of nitrogens with zero attached hydrogens (tertiary/aromatic N) is 6. The van der Waals surface area contributed by atoms with E-state index in [1.54, 1.807) is 55.5 Å². The number of esters is 3. The number of hydrogen-bond donors (Lipinski definition) is 5. The molecule has 0 aliphatic rings. The van der Waals surface area contributed by atoms with Gasteiger partial charge in [0.05, 0.1) is 47.1 Å². The van der Waals surface area contributed by atoms with Gasteiger partial charge in [-0.05, 0) is 106 Å². The summed E-state index contributed by atoms with van der Waals surface area (Å²) in [6, 6.07) is 75.6. The molecule has 0 spiro atoms. The van der Waals surface area contributed by atoms with Gasteiger partial charge in [-0.1, -0.05) is 265 Å². The largest absolute Gasteiger partial charge is 0.469 e. The number of benzene rings is 9. The van der Waals surface area contributed by atoms with E-state index in [0.717, 1.165) is 77.4 Å². The van der Waals surface area contributed by atoms with E-state index in [1.807, 2.05) is 198 Å². The molecule has 0 bridgehead atoms. The number of ether oxygens (including phenoxy) is 3. The van der Waals surface area contributed by atoms with E-state index in [9.17, 15) is 39.6 Å². The number of rotatable bonds is 16. The molecule has 0 atom stereocenters. The number of primary sulfonamides is 3. The zero-order valence-electron chi connectivity index (χ0n) is 64.3. The Morgan fingerprint density at radius 3 is 1.09 bits per heavy atom. The van der Waals surface area contributed by atoms with Crippen molar-refractivity contribution in [2.24, 2.45) is 25.7 Å². The molecule has 13 rings (SSSR count). The fourth-order valence-corrected chi connectivity index (χ4v) is 12.1. The first-order chi connectivity index (χ1) is 56.0. The number of hydrogen-bond acceptors (Lipinski definition) is 24. The number of oxime groups is 2. The van der Waals surface area contributed by atoms with Crippen LogP contribution in [0, 0.1) is 51.4 Å². The number of methoxy groups -OCH3 is 3. The number of sulfonamides is 3. The molecule has 31 heteroatoms. The third-order valence-corrected chi connectivity index (χ3v) is 19.7. The summed E-state index contributed by atoms with van der Waals surface area (Å²) in [5, 5.41) is 54.9. The topological polar surface area (TPSA) is 429 Å². The van der Waals surface area contributed by atoms with Gasteiger partial charge in [-0.25, -0.2) is 40.7 Å². The average molecular weight is 1700 g/mol. The molecule has 13 aromatic rings. The van der Waals surface area contributed by atoms with Crippen molar-refractivity contribution in [3.05, 3.63) is 305 Å². The quantitative estimate of drug-likeness (QED) is 0.0150. The molecule has 0 radical (unpaired) electrons. The van der Waals surface area contributed by atoms with E-state index in [4.69, 9.17) is 48.7 Å². The highest BCUT2D eigenvalue weighted by atomic mass is 79.9. The molecule has 602 valence electrons. The number of carbonyl (C=O) groups excluding carboxylic acids is 3. The molecule has 0 saturated carbocycles. The van der Waals surface area contributed by atoms with E-state index in [1.165, 1.54) is 57.7 Å². The van der Waals surface area contributed by atoms with Gasteiger partial charge >= 0.3 is 17.9 Å². The van der Waals surface area contributed by atoms with Crippen molar-refractivity contribution in [1.29, 1.82) is 0 Å². The van der Waals surface area contributed by atoms with Gasteiger partial charge in [-0.15, -0.1) is 0 Å². The normalized spacial score (nSPS) is 10.8. The first-order valence-corrected chi connectivity index (χ1v) is 40.2. The van der Waals surface area contributed by atoms with Crippen molar-refractivity contribution < 1.29 is 82.4 Å². The zero-order chi connectivity index (χ0) is 85.1. The molecule has 8 N–H and O–H groups in total. The van der Waals surface area contributed by atoms with Gasteiger partial charge in [0, 0.05) is 49.0 Å². The summed E-state index contributed by atoms with van der Waals surface area (Å²) in [6.45, 7) is 9.36. The minimum Gasteiger partial charge on any atom is -0.469 e. The van der Waals surface area contributed by atoms with E-state index in [2.05, 4.69) is 80.0 Å². The number of nitrogens with two attached hydrogens (primary N) is 3. The standard InChI is InChI=1S/C18H16N2O5S.C16H14N2O3S.C13H13NO3.C12H11NO3.C11H11NO.C10H9NO.C6H6BrNO2S/c1-24-16(21)11-15-17(12-7-9-14(10-8-12)26(19,22)23)18(20-25-15)13-5-3-2-4-6-13;1-11-15(12-7-9-14(10-8-12)22(17,19)20)16(18-21-11)13-5-3-2-4-6-13;1-9-11(8-12(15)16-2)17-14-13(9)10-6-4-3-5-7-10;1-16-12(14)9-5-8-11(13-15)10-6-3-2-4-7-10;1-8-9(2)13-12-11(8)10-6-4-3-5-7-10;1-2-6-10(11-12)9-7-4-3-5-8-9;7-5-1-3-6(4-2-5)11(8,9)10/h2-10H,11H2,1H3,(H2,19,22,23);2-10H,1H3,(H2,17,19,20);3-7H,8H2,1-2H3;2-4,6-7,15H,9H2,1H3;3-7H,1-2H3;3-5,7-8,12H,1H3;1-4H,(H2,8,9,10)/b;;;13-11+;;11-10+;. The molecule has 117 heavy (non-hydrogen) atoms. The molecule has 0 amide bonds. The van der Waals surface area contributed by atoms with Crippen molar-refractivity contribution >= 4 is 75.3 Å². The second kappa shape index (κ2) is 44.8. The van der Waals surface area contributed by atoms with Crippen LogP contribution in [0.5, 0.6) is 0 Å². The Bertz CT molecular complexity index is 5980. The lowest BCUT2D eigenvalue weighted by molar-refractivity contribution is -0.141. The Morgan fingerprint density at radius 2 is 0.709 bits per heavy atom. The van der Waals surface area contributed by atoms with Crippen LogP contribution in [0.25, 0.3) is 67.3 Å². The molecule has 9 aromatic carbocycles. The van der Waals surface area contributed by atoms with Crippen LogP contribution in [0.15, 0.2) is 302 Å². The lowest BCUT2D eigenvalue weighted by atomic mass is 9.98.